The molecule has 0 aliphatic carbocycles. The molecule has 0 aliphatic rings. The molecule has 0 unspecified atom stereocenters. The molecule has 2 aromatic heterocycles. The van der Waals surface area contributed by atoms with E-state index in [4.69, 9.17) is 0 Å². The summed E-state index contributed by atoms with van der Waals surface area (Å²) in [4.78, 5) is 0. The Kier molecular flexibility index (Phi) is 14.0. The molecule has 0 radical (unpaired) electrons. The Morgan fingerprint density at radius 2 is 0.846 bits per heavy atom. The molecule has 0 spiro atoms. The SMILES string of the molecule is Fc1[c-]c(F)c(-n2cccc2)c(Br)c1.Fc1[c-]c(F)c(-n2cccc2)c(Br)c1.[Ti+4].c1cc[cH-]c1.c1cc[cH-]c1. The van der Waals surface area contributed by atoms with Gasteiger partial charge in [0.1, 0.15) is 0 Å². The van der Waals surface area contributed by atoms with Gasteiger partial charge < -0.3 is 9.13 Å². The number of aromatic nitrogens is 2. The average Bonchev–Trinajstić information content (AvgIpc) is 3.69. The smallest absolute Gasteiger partial charge is 0.374 e. The summed E-state index contributed by atoms with van der Waals surface area (Å²) in [6.45, 7) is 0. The van der Waals surface area contributed by atoms with Crippen molar-refractivity contribution in [1.82, 2.24) is 9.13 Å². The van der Waals surface area contributed by atoms with Gasteiger partial charge in [0, 0.05) is 23.3 Å². The van der Waals surface area contributed by atoms with Crippen LogP contribution in [0.15, 0.2) is 131 Å². The topological polar surface area (TPSA) is 9.86 Å². The number of hydrogen-bond donors (Lipinski definition) is 0. The number of benzene rings is 2. The van der Waals surface area contributed by atoms with Crippen LogP contribution in [0.4, 0.5) is 17.6 Å². The number of hydrogen-bond acceptors (Lipinski definition) is 0. The summed E-state index contributed by atoms with van der Waals surface area (Å²) in [5, 5.41) is 0. The Morgan fingerprint density at radius 3 is 1.08 bits per heavy atom. The second kappa shape index (κ2) is 16.9. The Bertz CT molecular complexity index is 1270. The molecule has 2 nitrogen and oxygen atoms in total. The maximum atomic E-state index is 13.3. The van der Waals surface area contributed by atoms with Crippen LogP contribution in [0.1, 0.15) is 0 Å². The molecule has 0 fully saturated rings. The van der Waals surface area contributed by atoms with Gasteiger partial charge in [0.25, 0.3) is 0 Å². The van der Waals surface area contributed by atoms with E-state index in [2.05, 4.69) is 31.9 Å². The second-order valence-electron chi connectivity index (χ2n) is 7.36. The van der Waals surface area contributed by atoms with Crippen molar-refractivity contribution in [1.29, 1.82) is 0 Å². The van der Waals surface area contributed by atoms with Crippen LogP contribution in [0.3, 0.4) is 0 Å². The molecule has 0 aliphatic heterocycles. The third kappa shape index (κ3) is 10.3. The predicted octanol–water partition coefficient (Wildman–Crippen LogP) is 9.44. The summed E-state index contributed by atoms with van der Waals surface area (Å²) in [5.74, 6) is -2.86. The third-order valence-corrected chi connectivity index (χ3v) is 5.88. The van der Waals surface area contributed by atoms with Crippen LogP contribution in [0.25, 0.3) is 11.4 Å². The van der Waals surface area contributed by atoms with E-state index in [9.17, 15) is 17.6 Å². The molecule has 0 saturated carbocycles. The van der Waals surface area contributed by atoms with E-state index in [1.54, 1.807) is 58.2 Å². The van der Waals surface area contributed by atoms with Crippen LogP contribution < -0.4 is 0 Å². The van der Waals surface area contributed by atoms with Gasteiger partial charge in [0.15, 0.2) is 0 Å². The maximum Gasteiger partial charge on any atom is 4.00 e. The number of halogens is 6. The molecule has 0 N–H and O–H groups in total. The summed E-state index contributed by atoms with van der Waals surface area (Å²) in [5.41, 5.74) is 0.521. The summed E-state index contributed by atoms with van der Waals surface area (Å²) in [6, 6.07) is 33.4. The molecule has 4 aromatic carbocycles. The quantitative estimate of drug-likeness (QED) is 0.0973. The molecule has 6 rings (SSSR count). The molecule has 39 heavy (non-hydrogen) atoms. The van der Waals surface area contributed by atoms with Crippen LogP contribution >= 0.6 is 31.9 Å². The minimum atomic E-state index is -0.717. The second-order valence-corrected chi connectivity index (χ2v) is 9.07. The maximum absolute atomic E-state index is 13.3. The first-order valence-electron chi connectivity index (χ1n) is 11.1. The van der Waals surface area contributed by atoms with Crippen molar-refractivity contribution >= 4 is 31.9 Å². The van der Waals surface area contributed by atoms with Gasteiger partial charge in [-0.25, -0.2) is 41.8 Å². The summed E-state index contributed by atoms with van der Waals surface area (Å²) in [6.07, 6.45) is 6.70. The first-order valence-corrected chi connectivity index (χ1v) is 12.7. The van der Waals surface area contributed by atoms with Gasteiger partial charge in [0.2, 0.25) is 0 Å². The normalized spacial score (nSPS) is 9.59. The Hall–Kier alpha value is -2.91. The molecule has 6 aromatic rings. The van der Waals surface area contributed by atoms with E-state index in [-0.39, 0.29) is 33.1 Å². The van der Waals surface area contributed by atoms with Crippen LogP contribution in [-0.4, -0.2) is 9.13 Å². The standard InChI is InChI=1S/2C10H5BrF2N.2C5H5.Ti/c2*11-8-5-7(12)6-9(13)10(8)14-3-1-2-4-14;2*1-2-4-5-3-1;/h2*1-5H;2*1-5H;/q4*-1;+4. The molecule has 2 heterocycles. The van der Waals surface area contributed by atoms with Crippen molar-refractivity contribution < 1.29 is 39.3 Å². The zero-order valence-electron chi connectivity index (χ0n) is 20.2. The fourth-order valence-electron chi connectivity index (χ4n) is 3.05. The van der Waals surface area contributed by atoms with Gasteiger partial charge in [-0.2, -0.15) is 36.4 Å². The average molecular weight is 692 g/mol. The van der Waals surface area contributed by atoms with Crippen LogP contribution in [0, 0.1) is 35.4 Å². The van der Waals surface area contributed by atoms with Gasteiger partial charge >= 0.3 is 21.7 Å². The molecule has 0 atom stereocenters. The van der Waals surface area contributed by atoms with Crippen molar-refractivity contribution in [2.24, 2.45) is 0 Å². The third-order valence-electron chi connectivity index (χ3n) is 4.67. The van der Waals surface area contributed by atoms with Crippen molar-refractivity contribution in [3.05, 3.63) is 166 Å². The first-order chi connectivity index (χ1) is 18.4. The van der Waals surface area contributed by atoms with Crippen LogP contribution in [-0.2, 0) is 21.7 Å². The first kappa shape index (κ1) is 32.3. The van der Waals surface area contributed by atoms with E-state index < -0.39 is 23.3 Å². The van der Waals surface area contributed by atoms with E-state index in [1.165, 1.54) is 12.1 Å². The number of rotatable bonds is 2. The molecule has 0 saturated heterocycles. The zero-order valence-corrected chi connectivity index (χ0v) is 24.9. The Labute approximate surface area is 256 Å². The summed E-state index contributed by atoms with van der Waals surface area (Å²) < 4.78 is 55.9. The van der Waals surface area contributed by atoms with E-state index >= 15 is 0 Å². The summed E-state index contributed by atoms with van der Waals surface area (Å²) >= 11 is 6.20. The number of nitrogens with zero attached hydrogens (tertiary/aromatic N) is 2. The van der Waals surface area contributed by atoms with Gasteiger partial charge in [-0.05, 0) is 60.4 Å². The summed E-state index contributed by atoms with van der Waals surface area (Å²) in [7, 11) is 0. The molecule has 0 amide bonds. The monoisotopic (exact) mass is 690 g/mol. The van der Waals surface area contributed by atoms with E-state index in [1.807, 2.05) is 72.8 Å². The van der Waals surface area contributed by atoms with Crippen molar-refractivity contribution in [3.63, 3.8) is 0 Å². The van der Waals surface area contributed by atoms with Gasteiger partial charge in [-0.3, -0.25) is 0 Å². The fraction of sp³-hybridized carbons (Fsp3) is 0. The molecule has 196 valence electrons. The van der Waals surface area contributed by atoms with Crippen molar-refractivity contribution in [3.8, 4) is 11.4 Å². The fourth-order valence-corrected chi connectivity index (χ4v) is 4.21. The molecular formula is C30H20Br2F4N2Ti. The predicted molar refractivity (Wildman–Crippen MR) is 149 cm³/mol. The minimum absolute atomic E-state index is 0. The zero-order chi connectivity index (χ0) is 27.3. The van der Waals surface area contributed by atoms with Crippen molar-refractivity contribution in [2.45, 2.75) is 0 Å². The Balaban J connectivity index is 0.000000199. The van der Waals surface area contributed by atoms with E-state index in [0.717, 1.165) is 0 Å². The molecular weight excluding hydrogens is 672 g/mol. The molecule has 9 heteroatoms. The van der Waals surface area contributed by atoms with Gasteiger partial charge in [-0.1, -0.05) is 40.8 Å². The van der Waals surface area contributed by atoms with Crippen molar-refractivity contribution in [2.75, 3.05) is 0 Å². The van der Waals surface area contributed by atoms with E-state index in [0.29, 0.717) is 8.95 Å². The molecule has 0 bridgehead atoms. The van der Waals surface area contributed by atoms with Crippen LogP contribution in [0.2, 0.25) is 0 Å². The Morgan fingerprint density at radius 1 is 0.538 bits per heavy atom. The van der Waals surface area contributed by atoms with Gasteiger partial charge in [-0.15, -0.1) is 24.3 Å². The largest absolute Gasteiger partial charge is 4.00 e. The minimum Gasteiger partial charge on any atom is -0.374 e. The van der Waals surface area contributed by atoms with Crippen LogP contribution in [0.5, 0.6) is 0 Å². The van der Waals surface area contributed by atoms with Gasteiger partial charge in [0.05, 0.1) is 0 Å².